The molecule has 1 aliphatic rings. The smallest absolute Gasteiger partial charge is 0.226 e. The Labute approximate surface area is 226 Å². The number of pyridine rings is 1. The first-order chi connectivity index (χ1) is 18.4. The van der Waals surface area contributed by atoms with Crippen molar-refractivity contribution < 1.29 is 9.18 Å². The Kier molecular flexibility index (Phi) is 7.37. The fourth-order valence-corrected chi connectivity index (χ4v) is 5.06. The summed E-state index contributed by atoms with van der Waals surface area (Å²) in [5, 5.41) is 6.84. The Balaban J connectivity index is 1.43. The highest BCUT2D eigenvalue weighted by molar-refractivity contribution is 7.80. The van der Waals surface area contributed by atoms with Crippen LogP contribution in [-0.4, -0.2) is 46.1 Å². The van der Waals surface area contributed by atoms with Crippen molar-refractivity contribution >= 4 is 34.6 Å². The van der Waals surface area contributed by atoms with Crippen LogP contribution < -0.4 is 15.5 Å². The second-order valence-electron chi connectivity index (χ2n) is 9.34. The Morgan fingerprint density at radius 3 is 2.50 bits per heavy atom. The molecule has 2 aromatic carbocycles. The molecule has 1 saturated heterocycles. The summed E-state index contributed by atoms with van der Waals surface area (Å²) < 4.78 is 15.4. The molecule has 2 atom stereocenters. The number of carbonyl (C=O) groups is 1. The zero-order valence-corrected chi connectivity index (χ0v) is 22.0. The van der Waals surface area contributed by atoms with Gasteiger partial charge >= 0.3 is 0 Å². The third kappa shape index (κ3) is 5.38. The van der Waals surface area contributed by atoms with Crippen molar-refractivity contribution in [3.63, 3.8) is 0 Å². The molecule has 9 heteroatoms. The lowest BCUT2D eigenvalue weighted by atomic mass is 10.0. The number of nitrogens with one attached hydrogen (secondary N) is 2. The van der Waals surface area contributed by atoms with Crippen molar-refractivity contribution in [3.8, 4) is 5.69 Å². The van der Waals surface area contributed by atoms with Crippen molar-refractivity contribution in [1.29, 1.82) is 0 Å². The molecule has 0 radical (unpaired) electrons. The summed E-state index contributed by atoms with van der Waals surface area (Å²) in [6, 6.07) is 23.6. The molecule has 5 rings (SSSR count). The number of amides is 1. The number of thiocarbonyl (C=S) groups is 1. The van der Waals surface area contributed by atoms with E-state index in [0.29, 0.717) is 17.3 Å². The molecule has 0 aliphatic carbocycles. The molecule has 1 aliphatic heterocycles. The monoisotopic (exact) mass is 528 g/mol. The second kappa shape index (κ2) is 11.0. The molecule has 0 unspecified atom stereocenters. The molecule has 4 aromatic rings. The van der Waals surface area contributed by atoms with Gasteiger partial charge in [0, 0.05) is 62.2 Å². The summed E-state index contributed by atoms with van der Waals surface area (Å²) in [7, 11) is 4.03. The van der Waals surface area contributed by atoms with Gasteiger partial charge < -0.3 is 25.0 Å². The highest BCUT2D eigenvalue weighted by Gasteiger charge is 2.41. The van der Waals surface area contributed by atoms with Crippen molar-refractivity contribution in [3.05, 3.63) is 108 Å². The van der Waals surface area contributed by atoms with Crippen LogP contribution in [0.2, 0.25) is 0 Å². The van der Waals surface area contributed by atoms with Crippen molar-refractivity contribution in [2.24, 2.45) is 0 Å². The predicted octanol–water partition coefficient (Wildman–Crippen LogP) is 5.08. The number of rotatable bonds is 8. The maximum absolute atomic E-state index is 13.2. The minimum Gasteiger partial charge on any atom is -0.378 e. The number of benzene rings is 2. The quantitative estimate of drug-likeness (QED) is 0.311. The van der Waals surface area contributed by atoms with Crippen LogP contribution in [0.1, 0.15) is 29.9 Å². The molecular weight excluding hydrogens is 499 g/mol. The fraction of sp³-hybridized carbons (Fsp3) is 0.207. The predicted molar refractivity (Wildman–Crippen MR) is 152 cm³/mol. The molecule has 194 valence electrons. The number of hydrogen-bond donors (Lipinski definition) is 2. The van der Waals surface area contributed by atoms with E-state index in [1.807, 2.05) is 44.6 Å². The van der Waals surface area contributed by atoms with E-state index in [2.05, 4.69) is 60.3 Å². The first-order valence-electron chi connectivity index (χ1n) is 12.4. The third-order valence-corrected chi connectivity index (χ3v) is 6.99. The molecule has 3 heterocycles. The van der Waals surface area contributed by atoms with Gasteiger partial charge in [0.05, 0.1) is 17.8 Å². The van der Waals surface area contributed by atoms with Crippen LogP contribution in [-0.2, 0) is 4.79 Å². The van der Waals surface area contributed by atoms with E-state index in [4.69, 9.17) is 12.2 Å². The number of halogens is 1. The van der Waals surface area contributed by atoms with Gasteiger partial charge in [-0.3, -0.25) is 9.78 Å². The molecule has 0 saturated carbocycles. The summed E-state index contributed by atoms with van der Waals surface area (Å²) in [6.07, 6.45) is 4.02. The molecular formula is C29H29FN6OS. The highest BCUT2D eigenvalue weighted by atomic mass is 32.1. The van der Waals surface area contributed by atoms with E-state index < -0.39 is 0 Å². The van der Waals surface area contributed by atoms with E-state index in [9.17, 15) is 9.18 Å². The lowest BCUT2D eigenvalue weighted by molar-refractivity contribution is -0.116. The lowest BCUT2D eigenvalue weighted by Crippen LogP contribution is -2.33. The number of nitrogens with zero attached hydrogens (tertiary/aromatic N) is 4. The van der Waals surface area contributed by atoms with Crippen LogP contribution in [0.4, 0.5) is 15.8 Å². The molecule has 2 aromatic heterocycles. The minimum atomic E-state index is -0.348. The molecule has 2 N–H and O–H groups in total. The van der Waals surface area contributed by atoms with E-state index in [1.165, 1.54) is 12.1 Å². The van der Waals surface area contributed by atoms with Gasteiger partial charge in [-0.15, -0.1) is 0 Å². The van der Waals surface area contributed by atoms with E-state index >= 15 is 0 Å². The van der Waals surface area contributed by atoms with E-state index in [0.717, 1.165) is 22.8 Å². The average molecular weight is 529 g/mol. The van der Waals surface area contributed by atoms with E-state index in [1.54, 1.807) is 18.3 Å². The Morgan fingerprint density at radius 1 is 1.05 bits per heavy atom. The standard InChI is InChI=1S/C29H29FN6OS/c1-34(2)22-12-14-23(15-13-22)35-18-5-7-25(35)28-27(24-6-3-4-17-31-24)33-29(38)36(28)19-16-26(37)32-21-10-8-20(30)9-11-21/h3-15,17-18,27-28H,16,19H2,1-2H3,(H,32,37)(H,33,38)/t27-,28-/m0/s1. The lowest BCUT2D eigenvalue weighted by Gasteiger charge is -2.29. The van der Waals surface area contributed by atoms with Gasteiger partial charge in [0.2, 0.25) is 5.91 Å². The van der Waals surface area contributed by atoms with Gasteiger partial charge in [-0.2, -0.15) is 0 Å². The molecule has 0 bridgehead atoms. The van der Waals surface area contributed by atoms with Gasteiger partial charge in [-0.25, -0.2) is 4.39 Å². The zero-order chi connectivity index (χ0) is 26.6. The van der Waals surface area contributed by atoms with Crippen LogP contribution in [0.25, 0.3) is 5.69 Å². The summed E-state index contributed by atoms with van der Waals surface area (Å²) in [5.74, 6) is -0.520. The Morgan fingerprint density at radius 2 is 1.82 bits per heavy atom. The van der Waals surface area contributed by atoms with E-state index in [-0.39, 0.29) is 30.2 Å². The topological polar surface area (TPSA) is 65.4 Å². The van der Waals surface area contributed by atoms with Gasteiger partial charge in [0.1, 0.15) is 5.82 Å². The SMILES string of the molecule is CN(C)c1ccc(-n2cccc2[C@H]2[C@H](c3ccccn3)NC(=S)N2CCC(=O)Nc2ccc(F)cc2)cc1. The average Bonchev–Trinajstić information content (AvgIpc) is 3.53. The zero-order valence-electron chi connectivity index (χ0n) is 21.2. The van der Waals surface area contributed by atoms with Crippen molar-refractivity contribution in [2.45, 2.75) is 18.5 Å². The van der Waals surface area contributed by atoms with Gasteiger partial charge in [0.15, 0.2) is 5.11 Å². The van der Waals surface area contributed by atoms with Crippen LogP contribution in [0.3, 0.4) is 0 Å². The minimum absolute atomic E-state index is 0.172. The summed E-state index contributed by atoms with van der Waals surface area (Å²) >= 11 is 5.77. The molecule has 38 heavy (non-hydrogen) atoms. The Hall–Kier alpha value is -4.24. The molecule has 0 spiro atoms. The normalized spacial score (nSPS) is 16.8. The maximum atomic E-state index is 13.2. The van der Waals surface area contributed by atoms with Gasteiger partial charge in [-0.1, -0.05) is 6.07 Å². The second-order valence-corrected chi connectivity index (χ2v) is 9.73. The van der Waals surface area contributed by atoms with Gasteiger partial charge in [-0.05, 0) is 85.0 Å². The summed E-state index contributed by atoms with van der Waals surface area (Å²) in [4.78, 5) is 21.5. The van der Waals surface area contributed by atoms with Crippen LogP contribution >= 0.6 is 12.2 Å². The first kappa shape index (κ1) is 25.4. The maximum Gasteiger partial charge on any atom is 0.226 e. The van der Waals surface area contributed by atoms with Crippen LogP contribution in [0.5, 0.6) is 0 Å². The molecule has 1 fully saturated rings. The summed E-state index contributed by atoms with van der Waals surface area (Å²) in [5.41, 5.74) is 4.60. The van der Waals surface area contributed by atoms with Crippen LogP contribution in [0, 0.1) is 5.82 Å². The fourth-order valence-electron chi connectivity index (χ4n) is 4.73. The van der Waals surface area contributed by atoms with Crippen molar-refractivity contribution in [1.82, 2.24) is 19.8 Å². The number of carbonyl (C=O) groups excluding carboxylic acids is 1. The third-order valence-electron chi connectivity index (χ3n) is 6.63. The Bertz CT molecular complexity index is 1410. The molecule has 1 amide bonds. The number of hydrogen-bond acceptors (Lipinski definition) is 4. The number of aromatic nitrogens is 2. The summed E-state index contributed by atoms with van der Waals surface area (Å²) in [6.45, 7) is 0.400. The number of anilines is 2. The van der Waals surface area contributed by atoms with Gasteiger partial charge in [0.25, 0.3) is 0 Å². The first-order valence-corrected chi connectivity index (χ1v) is 12.8. The van der Waals surface area contributed by atoms with Crippen molar-refractivity contribution in [2.75, 3.05) is 30.9 Å². The largest absolute Gasteiger partial charge is 0.378 e. The molecule has 7 nitrogen and oxygen atoms in total. The highest BCUT2D eigenvalue weighted by Crippen LogP contribution is 2.39. The van der Waals surface area contributed by atoms with Crippen LogP contribution in [0.15, 0.2) is 91.3 Å².